The molecule has 6 nitrogen and oxygen atoms in total. The normalized spacial score (nSPS) is 13.8. The first kappa shape index (κ1) is 19.2. The molecule has 2 atom stereocenters. The molecule has 0 saturated heterocycles. The molecule has 0 aliphatic heterocycles. The summed E-state index contributed by atoms with van der Waals surface area (Å²) in [4.78, 5) is 25.5. The zero-order chi connectivity index (χ0) is 16.6. The van der Waals surface area contributed by atoms with Gasteiger partial charge in [0, 0.05) is 13.7 Å². The Balaban J connectivity index is 5.50. The summed E-state index contributed by atoms with van der Waals surface area (Å²) >= 11 is 0. The van der Waals surface area contributed by atoms with Gasteiger partial charge in [0.1, 0.15) is 11.7 Å². The van der Waals surface area contributed by atoms with Crippen LogP contribution in [0.3, 0.4) is 0 Å². The molecular formula is C15H25NO5. The monoisotopic (exact) mass is 299 g/mol. The van der Waals surface area contributed by atoms with Crippen LogP contribution in [0.25, 0.3) is 0 Å². The maximum Gasteiger partial charge on any atom is 0.411 e. The molecule has 0 unspecified atom stereocenters. The lowest BCUT2D eigenvalue weighted by Crippen LogP contribution is -2.53. The van der Waals surface area contributed by atoms with E-state index in [0.717, 1.165) is 0 Å². The molecule has 1 amide bonds. The van der Waals surface area contributed by atoms with E-state index in [0.29, 0.717) is 0 Å². The van der Waals surface area contributed by atoms with E-state index in [4.69, 9.17) is 14.2 Å². The molecule has 0 radical (unpaired) electrons. The van der Waals surface area contributed by atoms with Crippen LogP contribution in [-0.2, 0) is 19.0 Å². The quantitative estimate of drug-likeness (QED) is 0.532. The van der Waals surface area contributed by atoms with Gasteiger partial charge in [0.25, 0.3) is 0 Å². The highest BCUT2D eigenvalue weighted by atomic mass is 16.6. The largest absolute Gasteiger partial charge is 0.467 e. The van der Waals surface area contributed by atoms with Gasteiger partial charge in [-0.15, -0.1) is 13.2 Å². The Kier molecular flexibility index (Phi) is 7.73. The van der Waals surface area contributed by atoms with Crippen molar-refractivity contribution in [3.8, 4) is 0 Å². The SMILES string of the molecule is C=CCN(C(=O)OC(C)(C)C)[C@@H](C(=O)OC)[C@H](C=C)OC. The maximum atomic E-state index is 12.3. The third-order valence-electron chi connectivity index (χ3n) is 2.55. The minimum Gasteiger partial charge on any atom is -0.467 e. The summed E-state index contributed by atoms with van der Waals surface area (Å²) in [6, 6.07) is -0.995. The number of rotatable bonds is 7. The summed E-state index contributed by atoms with van der Waals surface area (Å²) in [6.45, 7) is 12.5. The number of nitrogens with zero attached hydrogens (tertiary/aromatic N) is 1. The van der Waals surface area contributed by atoms with Gasteiger partial charge in [-0.05, 0) is 20.8 Å². The van der Waals surface area contributed by atoms with Crippen LogP contribution >= 0.6 is 0 Å². The third-order valence-corrected chi connectivity index (χ3v) is 2.55. The smallest absolute Gasteiger partial charge is 0.411 e. The van der Waals surface area contributed by atoms with Crippen molar-refractivity contribution < 1.29 is 23.8 Å². The standard InChI is InChI=1S/C15H25NO5/c1-8-10-16(14(18)21-15(3,4)5)12(13(17)20-7)11(9-2)19-6/h8-9,11-12H,1-2,10H2,3-7H3/t11-,12+/m0/s1. The predicted octanol–water partition coefficient (Wildman–Crippen LogP) is 2.15. The lowest BCUT2D eigenvalue weighted by atomic mass is 10.1. The van der Waals surface area contributed by atoms with Gasteiger partial charge in [0.2, 0.25) is 0 Å². The van der Waals surface area contributed by atoms with E-state index in [9.17, 15) is 9.59 Å². The summed E-state index contributed by atoms with van der Waals surface area (Å²) in [5.41, 5.74) is -0.687. The van der Waals surface area contributed by atoms with Crippen molar-refractivity contribution in [2.75, 3.05) is 20.8 Å². The molecule has 0 spiro atoms. The van der Waals surface area contributed by atoms with E-state index in [2.05, 4.69) is 13.2 Å². The summed E-state index contributed by atoms with van der Waals surface area (Å²) in [5, 5.41) is 0. The Labute approximate surface area is 126 Å². The van der Waals surface area contributed by atoms with E-state index >= 15 is 0 Å². The van der Waals surface area contributed by atoms with E-state index in [1.807, 2.05) is 0 Å². The molecular weight excluding hydrogens is 274 g/mol. The zero-order valence-corrected chi connectivity index (χ0v) is 13.4. The van der Waals surface area contributed by atoms with Crippen molar-refractivity contribution in [2.24, 2.45) is 0 Å². The third kappa shape index (κ3) is 5.99. The minimum atomic E-state index is -0.995. The fourth-order valence-electron chi connectivity index (χ4n) is 1.67. The Hall–Kier alpha value is -1.82. The van der Waals surface area contributed by atoms with Crippen LogP contribution in [0.15, 0.2) is 25.3 Å². The Morgan fingerprint density at radius 1 is 1.24 bits per heavy atom. The van der Waals surface area contributed by atoms with Crippen LogP contribution in [0, 0.1) is 0 Å². The molecule has 0 saturated carbocycles. The highest BCUT2D eigenvalue weighted by molar-refractivity contribution is 5.82. The molecule has 0 bridgehead atoms. The van der Waals surface area contributed by atoms with Crippen molar-refractivity contribution >= 4 is 12.1 Å². The molecule has 0 N–H and O–H groups in total. The van der Waals surface area contributed by atoms with E-state index in [1.165, 1.54) is 31.3 Å². The van der Waals surface area contributed by atoms with Crippen LogP contribution < -0.4 is 0 Å². The average molecular weight is 299 g/mol. The first-order valence-corrected chi connectivity index (χ1v) is 6.55. The summed E-state index contributed by atoms with van der Waals surface area (Å²) in [6.07, 6.45) is 1.56. The topological polar surface area (TPSA) is 65.1 Å². The molecule has 0 rings (SSSR count). The zero-order valence-electron chi connectivity index (χ0n) is 13.4. The van der Waals surface area contributed by atoms with Crippen molar-refractivity contribution in [3.05, 3.63) is 25.3 Å². The van der Waals surface area contributed by atoms with Gasteiger partial charge in [0.05, 0.1) is 7.11 Å². The van der Waals surface area contributed by atoms with Crippen LogP contribution in [0.5, 0.6) is 0 Å². The first-order chi connectivity index (χ1) is 9.71. The minimum absolute atomic E-state index is 0.113. The molecule has 0 aliphatic carbocycles. The fourth-order valence-corrected chi connectivity index (χ4v) is 1.67. The summed E-state index contributed by atoms with van der Waals surface area (Å²) < 4.78 is 15.3. The van der Waals surface area contributed by atoms with E-state index in [1.54, 1.807) is 20.8 Å². The molecule has 6 heteroatoms. The highest BCUT2D eigenvalue weighted by Crippen LogP contribution is 2.16. The van der Waals surface area contributed by atoms with Crippen molar-refractivity contribution in [3.63, 3.8) is 0 Å². The highest BCUT2D eigenvalue weighted by Gasteiger charge is 2.38. The molecule has 0 heterocycles. The Bertz CT molecular complexity index is 386. The average Bonchev–Trinajstić information content (AvgIpc) is 2.40. The number of carbonyl (C=O) groups is 2. The number of hydrogen-bond acceptors (Lipinski definition) is 5. The van der Waals surface area contributed by atoms with Crippen molar-refractivity contribution in [1.29, 1.82) is 0 Å². The van der Waals surface area contributed by atoms with Gasteiger partial charge in [0.15, 0.2) is 6.04 Å². The van der Waals surface area contributed by atoms with Crippen LogP contribution in [0.1, 0.15) is 20.8 Å². The number of methoxy groups -OCH3 is 2. The van der Waals surface area contributed by atoms with Gasteiger partial charge in [-0.1, -0.05) is 12.2 Å². The number of esters is 1. The molecule has 0 aromatic carbocycles. The number of hydrogen-bond donors (Lipinski definition) is 0. The Morgan fingerprint density at radius 3 is 2.14 bits per heavy atom. The van der Waals surface area contributed by atoms with Crippen molar-refractivity contribution in [1.82, 2.24) is 4.90 Å². The summed E-state index contributed by atoms with van der Waals surface area (Å²) in [5.74, 6) is -0.616. The second-order valence-electron chi connectivity index (χ2n) is 5.33. The molecule has 0 aliphatic rings. The second-order valence-corrected chi connectivity index (χ2v) is 5.33. The summed E-state index contributed by atoms with van der Waals surface area (Å²) in [7, 11) is 2.66. The van der Waals surface area contributed by atoms with Gasteiger partial charge >= 0.3 is 12.1 Å². The fraction of sp³-hybridized carbons (Fsp3) is 0.600. The molecule has 0 aromatic rings. The number of ether oxygens (including phenoxy) is 3. The second kappa shape index (κ2) is 8.46. The number of carbonyl (C=O) groups excluding carboxylic acids is 2. The van der Waals surface area contributed by atoms with Gasteiger partial charge in [-0.3, -0.25) is 4.90 Å². The predicted molar refractivity (Wildman–Crippen MR) is 79.9 cm³/mol. The van der Waals surface area contributed by atoms with Crippen molar-refractivity contribution in [2.45, 2.75) is 38.5 Å². The maximum absolute atomic E-state index is 12.3. The van der Waals surface area contributed by atoms with Gasteiger partial charge in [-0.2, -0.15) is 0 Å². The number of amides is 1. The van der Waals surface area contributed by atoms with Gasteiger partial charge in [-0.25, -0.2) is 9.59 Å². The van der Waals surface area contributed by atoms with E-state index in [-0.39, 0.29) is 6.54 Å². The molecule has 21 heavy (non-hydrogen) atoms. The lowest BCUT2D eigenvalue weighted by molar-refractivity contribution is -0.150. The first-order valence-electron chi connectivity index (χ1n) is 6.55. The van der Waals surface area contributed by atoms with Crippen LogP contribution in [0.4, 0.5) is 4.79 Å². The lowest BCUT2D eigenvalue weighted by Gasteiger charge is -2.33. The van der Waals surface area contributed by atoms with Crippen LogP contribution in [0.2, 0.25) is 0 Å². The molecule has 0 aromatic heterocycles. The van der Waals surface area contributed by atoms with E-state index < -0.39 is 29.8 Å². The van der Waals surface area contributed by atoms with Gasteiger partial charge < -0.3 is 14.2 Å². The molecule has 120 valence electrons. The Morgan fingerprint density at radius 2 is 1.81 bits per heavy atom. The van der Waals surface area contributed by atoms with Crippen LogP contribution in [-0.4, -0.2) is 55.5 Å². The molecule has 0 fully saturated rings.